The molecule has 5 heteroatoms. The van der Waals surface area contributed by atoms with Gasteiger partial charge in [0, 0.05) is 18.8 Å². The summed E-state index contributed by atoms with van der Waals surface area (Å²) < 4.78 is 0. The lowest BCUT2D eigenvalue weighted by molar-refractivity contribution is -0.144. The zero-order valence-corrected chi connectivity index (χ0v) is 9.46. The minimum absolute atomic E-state index is 0.182. The van der Waals surface area contributed by atoms with Crippen LogP contribution in [0.3, 0.4) is 0 Å². The Bertz CT molecular complexity index is 278. The quantitative estimate of drug-likeness (QED) is 0.718. The molecule has 0 heterocycles. The maximum absolute atomic E-state index is 11.5. The Kier molecular flexibility index (Phi) is 4.45. The Hall–Kier alpha value is -1.39. The third-order valence-electron chi connectivity index (χ3n) is 1.90. The van der Waals surface area contributed by atoms with Gasteiger partial charge in [-0.3, -0.25) is 9.59 Å². The van der Waals surface area contributed by atoms with Gasteiger partial charge in [0.2, 0.25) is 5.91 Å². The SMILES string of the molecule is CC(=O)N[C@@H](CC(=O)C(C)(C)C)C(=O)O. The number of carbonyl (C=O) groups is 3. The van der Waals surface area contributed by atoms with E-state index >= 15 is 0 Å². The Morgan fingerprint density at radius 3 is 2.00 bits per heavy atom. The molecule has 0 aromatic heterocycles. The van der Waals surface area contributed by atoms with E-state index in [2.05, 4.69) is 5.32 Å². The minimum Gasteiger partial charge on any atom is -0.480 e. The summed E-state index contributed by atoms with van der Waals surface area (Å²) in [5.41, 5.74) is -0.591. The van der Waals surface area contributed by atoms with Crippen LogP contribution in [0.25, 0.3) is 0 Å². The van der Waals surface area contributed by atoms with Crippen LogP contribution in [0.4, 0.5) is 0 Å². The fourth-order valence-electron chi connectivity index (χ4n) is 0.937. The summed E-state index contributed by atoms with van der Waals surface area (Å²) in [6.45, 7) is 6.35. The molecule has 1 atom stereocenters. The van der Waals surface area contributed by atoms with Crippen molar-refractivity contribution in [3.63, 3.8) is 0 Å². The minimum atomic E-state index is -1.19. The molecular weight excluding hydrogens is 198 g/mol. The Balaban J connectivity index is 4.50. The molecule has 0 rings (SSSR count). The first-order chi connectivity index (χ1) is 6.64. The number of Topliss-reactive ketones (excluding diaryl/α,β-unsaturated/α-hetero) is 1. The highest BCUT2D eigenvalue weighted by atomic mass is 16.4. The first kappa shape index (κ1) is 13.6. The van der Waals surface area contributed by atoms with E-state index in [1.165, 1.54) is 6.92 Å². The summed E-state index contributed by atoms with van der Waals surface area (Å²) in [6.07, 6.45) is -0.182. The van der Waals surface area contributed by atoms with E-state index in [0.717, 1.165) is 0 Å². The number of carboxylic acids is 1. The van der Waals surface area contributed by atoms with Crippen LogP contribution in [0.2, 0.25) is 0 Å². The topological polar surface area (TPSA) is 83.5 Å². The van der Waals surface area contributed by atoms with Gasteiger partial charge in [-0.2, -0.15) is 0 Å². The zero-order chi connectivity index (χ0) is 12.2. The van der Waals surface area contributed by atoms with Gasteiger partial charge in [0.15, 0.2) is 0 Å². The van der Waals surface area contributed by atoms with E-state index in [0.29, 0.717) is 0 Å². The van der Waals surface area contributed by atoms with Gasteiger partial charge in [-0.15, -0.1) is 0 Å². The van der Waals surface area contributed by atoms with Crippen molar-refractivity contribution >= 4 is 17.7 Å². The molecule has 0 bridgehead atoms. The molecule has 2 N–H and O–H groups in total. The van der Waals surface area contributed by atoms with E-state index in [9.17, 15) is 14.4 Å². The van der Waals surface area contributed by atoms with Gasteiger partial charge in [-0.1, -0.05) is 20.8 Å². The van der Waals surface area contributed by atoms with Crippen LogP contribution in [0.5, 0.6) is 0 Å². The summed E-state index contributed by atoms with van der Waals surface area (Å²) in [4.78, 5) is 33.0. The van der Waals surface area contributed by atoms with E-state index in [1.54, 1.807) is 20.8 Å². The predicted octanol–water partition coefficient (Wildman–Crippen LogP) is 0.581. The van der Waals surface area contributed by atoms with E-state index in [4.69, 9.17) is 5.11 Å². The van der Waals surface area contributed by atoms with Crippen LogP contribution in [-0.4, -0.2) is 28.8 Å². The zero-order valence-electron chi connectivity index (χ0n) is 9.46. The predicted molar refractivity (Wildman–Crippen MR) is 54.3 cm³/mol. The smallest absolute Gasteiger partial charge is 0.326 e. The van der Waals surface area contributed by atoms with Crippen molar-refractivity contribution in [2.45, 2.75) is 40.2 Å². The second-order valence-electron chi connectivity index (χ2n) is 4.47. The highest BCUT2D eigenvalue weighted by Crippen LogP contribution is 2.17. The number of carboxylic acid groups (broad SMARTS) is 1. The summed E-state index contributed by atoms with van der Waals surface area (Å²) in [5.74, 6) is -1.84. The third-order valence-corrected chi connectivity index (χ3v) is 1.90. The standard InChI is InChI=1S/C10H17NO4/c1-6(12)11-7(9(14)15)5-8(13)10(2,3)4/h7H,5H2,1-4H3,(H,11,12)(H,14,15)/t7-/m0/s1. The normalized spacial score (nSPS) is 13.1. The molecule has 0 unspecified atom stereocenters. The monoisotopic (exact) mass is 215 g/mol. The van der Waals surface area contributed by atoms with Crippen LogP contribution in [0, 0.1) is 5.41 Å². The lowest BCUT2D eigenvalue weighted by atomic mass is 9.87. The number of nitrogens with one attached hydrogen (secondary N) is 1. The van der Waals surface area contributed by atoms with Gasteiger partial charge in [0.05, 0.1) is 0 Å². The molecule has 0 aliphatic heterocycles. The molecule has 1 amide bonds. The molecular formula is C10H17NO4. The van der Waals surface area contributed by atoms with Crippen LogP contribution >= 0.6 is 0 Å². The highest BCUT2D eigenvalue weighted by Gasteiger charge is 2.28. The van der Waals surface area contributed by atoms with Crippen molar-refractivity contribution in [2.24, 2.45) is 5.41 Å². The number of ketones is 1. The molecule has 0 aromatic rings. The molecule has 15 heavy (non-hydrogen) atoms. The number of rotatable bonds is 4. The second kappa shape index (κ2) is 4.91. The van der Waals surface area contributed by atoms with Crippen LogP contribution in [0.15, 0.2) is 0 Å². The fourth-order valence-corrected chi connectivity index (χ4v) is 0.937. The number of amides is 1. The second-order valence-corrected chi connectivity index (χ2v) is 4.47. The molecule has 0 aromatic carbocycles. The van der Waals surface area contributed by atoms with Crippen molar-refractivity contribution < 1.29 is 19.5 Å². The largest absolute Gasteiger partial charge is 0.480 e. The average Bonchev–Trinajstić information content (AvgIpc) is 1.99. The fraction of sp³-hybridized carbons (Fsp3) is 0.700. The molecule has 0 radical (unpaired) electrons. The highest BCUT2D eigenvalue weighted by molar-refractivity contribution is 5.91. The van der Waals surface area contributed by atoms with Crippen LogP contribution < -0.4 is 5.32 Å². The number of carbonyl (C=O) groups excluding carboxylic acids is 2. The Labute approximate surface area is 88.9 Å². The third kappa shape index (κ3) is 5.15. The van der Waals surface area contributed by atoms with Gasteiger partial charge in [0.25, 0.3) is 0 Å². The van der Waals surface area contributed by atoms with Gasteiger partial charge in [0.1, 0.15) is 11.8 Å². The van der Waals surface area contributed by atoms with Crippen molar-refractivity contribution in [2.75, 3.05) is 0 Å². The van der Waals surface area contributed by atoms with Crippen LogP contribution in [-0.2, 0) is 14.4 Å². The molecule has 0 aliphatic carbocycles. The number of hydrogen-bond donors (Lipinski definition) is 2. The van der Waals surface area contributed by atoms with Gasteiger partial charge in [-0.05, 0) is 0 Å². The van der Waals surface area contributed by atoms with E-state index in [-0.39, 0.29) is 12.2 Å². The first-order valence-corrected chi connectivity index (χ1v) is 4.68. The lowest BCUT2D eigenvalue weighted by Gasteiger charge is -2.20. The van der Waals surface area contributed by atoms with Gasteiger partial charge >= 0.3 is 5.97 Å². The van der Waals surface area contributed by atoms with Gasteiger partial charge < -0.3 is 10.4 Å². The number of aliphatic carboxylic acids is 1. The summed E-state index contributed by atoms with van der Waals surface area (Å²) >= 11 is 0. The molecule has 86 valence electrons. The lowest BCUT2D eigenvalue weighted by Crippen LogP contribution is -2.42. The van der Waals surface area contributed by atoms with Crippen molar-refractivity contribution in [3.8, 4) is 0 Å². The molecule has 0 spiro atoms. The average molecular weight is 215 g/mol. The molecule has 0 saturated carbocycles. The van der Waals surface area contributed by atoms with E-state index in [1.807, 2.05) is 0 Å². The van der Waals surface area contributed by atoms with Crippen molar-refractivity contribution in [1.82, 2.24) is 5.32 Å². The summed E-state index contributed by atoms with van der Waals surface area (Å²) in [7, 11) is 0. The Morgan fingerprint density at radius 2 is 1.73 bits per heavy atom. The van der Waals surface area contributed by atoms with Gasteiger partial charge in [-0.25, -0.2) is 4.79 Å². The first-order valence-electron chi connectivity index (χ1n) is 4.68. The Morgan fingerprint density at radius 1 is 1.27 bits per heavy atom. The van der Waals surface area contributed by atoms with E-state index < -0.39 is 23.3 Å². The molecule has 0 saturated heterocycles. The van der Waals surface area contributed by atoms with Crippen molar-refractivity contribution in [3.05, 3.63) is 0 Å². The summed E-state index contributed by atoms with van der Waals surface area (Å²) in [6, 6.07) is -1.13. The molecule has 0 aliphatic rings. The maximum atomic E-state index is 11.5. The molecule has 0 fully saturated rings. The number of hydrogen-bond acceptors (Lipinski definition) is 3. The maximum Gasteiger partial charge on any atom is 0.326 e. The summed E-state index contributed by atoms with van der Waals surface area (Å²) in [5, 5.41) is 11.0. The van der Waals surface area contributed by atoms with Crippen molar-refractivity contribution in [1.29, 1.82) is 0 Å². The van der Waals surface area contributed by atoms with Crippen LogP contribution in [0.1, 0.15) is 34.1 Å². The molecule has 5 nitrogen and oxygen atoms in total.